The van der Waals surface area contributed by atoms with Crippen LogP contribution in [0.15, 0.2) is 203 Å². The Hall–Kier alpha value is -8.86. The third-order valence-corrected chi connectivity index (χ3v) is 19.3. The predicted octanol–water partition coefficient (Wildman–Crippen LogP) is 20.6. The van der Waals surface area contributed by atoms with Crippen LogP contribution < -0.4 is 9.80 Å². The standard InChI is InChI=1S/C74H56N2O2/c1-71(2)55-33-25-41-17-9-11-19-45(41)65(55)49-29-27-43(37-57(49)71)75-59-23-15-13-21-53(59)73(5,6)67-61(75)35-31-47-51-39-64-52(40-63(51)77-69(47)67)48-32-36-62-68(70(48)78-64)74(7,8)54-22-14-16-24-60(54)76(62)44-28-30-50-58(38-44)72(3,4)56-34-26-42-18-10-12-20-46(42)66(50)56/h9-40H,1-8H3. The number of fused-ring (bicyclic) bond motifs is 22. The Bertz CT molecular complexity index is 4570. The first-order valence-corrected chi connectivity index (χ1v) is 27.7. The van der Waals surface area contributed by atoms with Crippen molar-refractivity contribution in [2.24, 2.45) is 0 Å². The summed E-state index contributed by atoms with van der Waals surface area (Å²) in [7, 11) is 0. The molecule has 13 aromatic rings. The maximum Gasteiger partial charge on any atom is 0.141 e. The largest absolute Gasteiger partial charge is 0.456 e. The molecule has 4 nitrogen and oxygen atoms in total. The molecule has 2 aromatic heterocycles. The topological polar surface area (TPSA) is 32.8 Å². The Balaban J connectivity index is 0.824. The smallest absolute Gasteiger partial charge is 0.141 e. The van der Waals surface area contributed by atoms with Gasteiger partial charge in [-0.3, -0.25) is 0 Å². The van der Waals surface area contributed by atoms with Crippen LogP contribution in [0.3, 0.4) is 0 Å². The number of furan rings is 2. The van der Waals surface area contributed by atoms with Gasteiger partial charge >= 0.3 is 0 Å². The molecule has 4 heterocycles. The van der Waals surface area contributed by atoms with Crippen LogP contribution in [0.25, 0.3) is 87.7 Å². The van der Waals surface area contributed by atoms with Gasteiger partial charge in [0.1, 0.15) is 22.3 Å². The molecule has 0 atom stereocenters. The van der Waals surface area contributed by atoms with Crippen LogP contribution in [-0.4, -0.2) is 0 Å². The van der Waals surface area contributed by atoms with Crippen LogP contribution in [-0.2, 0) is 21.7 Å². The molecule has 78 heavy (non-hydrogen) atoms. The van der Waals surface area contributed by atoms with E-state index in [0.29, 0.717) is 0 Å². The Morgan fingerprint density at radius 1 is 0.295 bits per heavy atom. The fraction of sp³-hybridized carbons (Fsp3) is 0.162. The van der Waals surface area contributed by atoms with Gasteiger partial charge in [0.2, 0.25) is 0 Å². The van der Waals surface area contributed by atoms with Crippen molar-refractivity contribution in [2.45, 2.75) is 77.0 Å². The fourth-order valence-electron chi connectivity index (χ4n) is 15.5. The average Bonchev–Trinajstić information content (AvgIpc) is 3.62. The molecule has 0 bridgehead atoms. The summed E-state index contributed by atoms with van der Waals surface area (Å²) < 4.78 is 14.6. The molecular weight excluding hydrogens is 949 g/mol. The molecule has 11 aromatic carbocycles. The number of nitrogens with zero attached hydrogens (tertiary/aromatic N) is 2. The van der Waals surface area contributed by atoms with Gasteiger partial charge in [-0.1, -0.05) is 177 Å². The first-order chi connectivity index (χ1) is 37.7. The lowest BCUT2D eigenvalue weighted by molar-refractivity contribution is 0.600. The third kappa shape index (κ3) is 5.40. The molecule has 0 unspecified atom stereocenters. The first-order valence-electron chi connectivity index (χ1n) is 27.7. The molecule has 4 heteroatoms. The highest BCUT2D eigenvalue weighted by atomic mass is 16.3. The summed E-state index contributed by atoms with van der Waals surface area (Å²) in [5, 5.41) is 9.47. The van der Waals surface area contributed by atoms with Crippen molar-refractivity contribution in [2.75, 3.05) is 9.80 Å². The van der Waals surface area contributed by atoms with E-state index in [9.17, 15) is 0 Å². The maximum absolute atomic E-state index is 7.30. The van der Waals surface area contributed by atoms with E-state index in [1.54, 1.807) is 0 Å². The Kier molecular flexibility index (Phi) is 8.28. The minimum Gasteiger partial charge on any atom is -0.456 e. The van der Waals surface area contributed by atoms with Crippen LogP contribution in [0.5, 0.6) is 0 Å². The second kappa shape index (κ2) is 14.6. The Labute approximate surface area is 453 Å². The van der Waals surface area contributed by atoms with E-state index in [4.69, 9.17) is 8.83 Å². The molecule has 17 rings (SSSR count). The zero-order valence-electron chi connectivity index (χ0n) is 45.2. The fourth-order valence-corrected chi connectivity index (χ4v) is 15.5. The lowest BCUT2D eigenvalue weighted by Gasteiger charge is -2.42. The number of anilines is 6. The van der Waals surface area contributed by atoms with Crippen LogP contribution in [0.2, 0.25) is 0 Å². The van der Waals surface area contributed by atoms with Crippen LogP contribution in [0.1, 0.15) is 99.9 Å². The summed E-state index contributed by atoms with van der Waals surface area (Å²) in [5.41, 5.74) is 25.2. The minimum absolute atomic E-state index is 0.172. The average molecular weight is 1010 g/mol. The molecule has 2 aliphatic heterocycles. The lowest BCUT2D eigenvalue weighted by Crippen LogP contribution is -2.31. The third-order valence-electron chi connectivity index (χ3n) is 19.3. The molecular formula is C74H56N2O2. The molecule has 0 spiro atoms. The first kappa shape index (κ1) is 44.3. The van der Waals surface area contributed by atoms with Gasteiger partial charge < -0.3 is 18.6 Å². The van der Waals surface area contributed by atoms with E-state index in [2.05, 4.69) is 259 Å². The van der Waals surface area contributed by atoms with Gasteiger partial charge in [0.05, 0.1) is 22.7 Å². The van der Waals surface area contributed by atoms with E-state index >= 15 is 0 Å². The van der Waals surface area contributed by atoms with Gasteiger partial charge in [-0.15, -0.1) is 0 Å². The quantitative estimate of drug-likeness (QED) is 0.173. The summed E-state index contributed by atoms with van der Waals surface area (Å²) >= 11 is 0. The second-order valence-electron chi connectivity index (χ2n) is 24.8. The highest BCUT2D eigenvalue weighted by Crippen LogP contribution is 2.60. The lowest BCUT2D eigenvalue weighted by atomic mass is 9.72. The van der Waals surface area contributed by atoms with Gasteiger partial charge in [0, 0.05) is 65.7 Å². The van der Waals surface area contributed by atoms with Crippen LogP contribution in [0.4, 0.5) is 34.1 Å². The normalized spacial score (nSPS) is 16.6. The second-order valence-corrected chi connectivity index (χ2v) is 24.8. The number of hydrogen-bond acceptors (Lipinski definition) is 4. The van der Waals surface area contributed by atoms with Crippen molar-refractivity contribution < 1.29 is 8.83 Å². The van der Waals surface area contributed by atoms with Crippen molar-refractivity contribution >= 4 is 99.5 Å². The molecule has 0 fully saturated rings. The molecule has 0 saturated heterocycles. The van der Waals surface area contributed by atoms with Crippen molar-refractivity contribution in [1.82, 2.24) is 0 Å². The van der Waals surface area contributed by atoms with E-state index in [1.807, 2.05) is 0 Å². The summed E-state index contributed by atoms with van der Waals surface area (Å²) in [5.74, 6) is 0. The Morgan fingerprint density at radius 3 is 1.15 bits per heavy atom. The molecule has 2 aliphatic carbocycles. The van der Waals surface area contributed by atoms with Gasteiger partial charge in [-0.05, 0) is 150 Å². The monoisotopic (exact) mass is 1000 g/mol. The molecule has 0 N–H and O–H groups in total. The van der Waals surface area contributed by atoms with Crippen molar-refractivity contribution in [3.05, 3.63) is 239 Å². The summed E-state index contributed by atoms with van der Waals surface area (Å²) in [6.07, 6.45) is 0. The predicted molar refractivity (Wildman–Crippen MR) is 325 cm³/mol. The molecule has 374 valence electrons. The summed E-state index contributed by atoms with van der Waals surface area (Å²) in [4.78, 5) is 4.96. The molecule has 0 amide bonds. The zero-order valence-corrected chi connectivity index (χ0v) is 45.2. The summed E-state index contributed by atoms with van der Waals surface area (Å²) in [6, 6.07) is 72.8. The van der Waals surface area contributed by atoms with E-state index in [0.717, 1.165) is 66.6 Å². The molecule has 0 saturated carbocycles. The highest BCUT2D eigenvalue weighted by molar-refractivity contribution is 6.18. The van der Waals surface area contributed by atoms with Gasteiger partial charge in [0.25, 0.3) is 0 Å². The van der Waals surface area contributed by atoms with Crippen molar-refractivity contribution in [1.29, 1.82) is 0 Å². The number of hydrogen-bond donors (Lipinski definition) is 0. The zero-order chi connectivity index (χ0) is 52.5. The van der Waals surface area contributed by atoms with E-state index in [-0.39, 0.29) is 21.7 Å². The molecule has 4 aliphatic rings. The number of benzene rings is 11. The van der Waals surface area contributed by atoms with Gasteiger partial charge in [-0.25, -0.2) is 0 Å². The minimum atomic E-state index is -0.369. The van der Waals surface area contributed by atoms with Gasteiger partial charge in [-0.2, -0.15) is 0 Å². The SMILES string of the molecule is CC1(C)c2cc(N3c4ccccc4C(C)(C)c4c3ccc3c4oc4cc5c(cc43)oc3c4c(ccc35)N(c3ccc5c(c3)C(C)(C)c3ccc6ccccc6c3-5)c3ccccc3C4(C)C)ccc2-c2c1ccc1ccccc21. The molecule has 0 radical (unpaired) electrons. The van der Waals surface area contributed by atoms with Crippen LogP contribution in [0, 0.1) is 0 Å². The van der Waals surface area contributed by atoms with E-state index in [1.165, 1.54) is 99.7 Å². The van der Waals surface area contributed by atoms with Crippen LogP contribution >= 0.6 is 0 Å². The van der Waals surface area contributed by atoms with Gasteiger partial charge in [0.15, 0.2) is 0 Å². The highest BCUT2D eigenvalue weighted by Gasteiger charge is 2.44. The van der Waals surface area contributed by atoms with Crippen molar-refractivity contribution in [3.8, 4) is 22.3 Å². The maximum atomic E-state index is 7.30. The Morgan fingerprint density at radius 2 is 0.705 bits per heavy atom. The number of para-hydroxylation sites is 2. The van der Waals surface area contributed by atoms with E-state index < -0.39 is 0 Å². The number of rotatable bonds is 2. The van der Waals surface area contributed by atoms with Crippen molar-refractivity contribution in [3.63, 3.8) is 0 Å². The summed E-state index contributed by atoms with van der Waals surface area (Å²) in [6.45, 7) is 19.0.